The second kappa shape index (κ2) is 9.67. The molecule has 31 heavy (non-hydrogen) atoms. The Labute approximate surface area is 186 Å². The van der Waals surface area contributed by atoms with Crippen LogP contribution in [-0.4, -0.2) is 43.1 Å². The number of rotatable bonds is 9. The van der Waals surface area contributed by atoms with Gasteiger partial charge >= 0.3 is 0 Å². The summed E-state index contributed by atoms with van der Waals surface area (Å²) in [5.41, 5.74) is 0.727. The summed E-state index contributed by atoms with van der Waals surface area (Å²) >= 11 is 6.06. The predicted octanol–water partition coefficient (Wildman–Crippen LogP) is 4.40. The average Bonchev–Trinajstić information content (AvgIpc) is 3.25. The van der Waals surface area contributed by atoms with Gasteiger partial charge in [-0.1, -0.05) is 23.7 Å². The van der Waals surface area contributed by atoms with Crippen molar-refractivity contribution in [3.8, 4) is 22.9 Å². The van der Waals surface area contributed by atoms with Gasteiger partial charge in [0.25, 0.3) is 0 Å². The molecule has 0 N–H and O–H groups in total. The Balaban J connectivity index is 1.94. The van der Waals surface area contributed by atoms with E-state index >= 15 is 0 Å². The van der Waals surface area contributed by atoms with Gasteiger partial charge in [-0.05, 0) is 55.8 Å². The number of halogens is 1. The van der Waals surface area contributed by atoms with Crippen molar-refractivity contribution in [2.75, 3.05) is 14.2 Å². The molecule has 1 heterocycles. The van der Waals surface area contributed by atoms with Crippen LogP contribution in [-0.2, 0) is 16.6 Å². The maximum absolute atomic E-state index is 13.5. The lowest BCUT2D eigenvalue weighted by atomic mass is 10.2. The summed E-state index contributed by atoms with van der Waals surface area (Å²) < 4.78 is 44.1. The van der Waals surface area contributed by atoms with Gasteiger partial charge < -0.3 is 14.0 Å². The highest BCUT2D eigenvalue weighted by atomic mass is 35.5. The van der Waals surface area contributed by atoms with E-state index in [9.17, 15) is 8.42 Å². The number of hydrogen-bond donors (Lipinski definition) is 0. The number of nitrogens with zero attached hydrogens (tertiary/aromatic N) is 3. The third kappa shape index (κ3) is 5.00. The molecule has 10 heteroatoms. The van der Waals surface area contributed by atoms with Crippen LogP contribution in [0.15, 0.2) is 51.9 Å². The molecule has 0 aliphatic heterocycles. The highest BCUT2D eigenvalue weighted by molar-refractivity contribution is 7.89. The summed E-state index contributed by atoms with van der Waals surface area (Å²) in [6.07, 6.45) is 0.585. The zero-order valence-corrected chi connectivity index (χ0v) is 19.3. The Morgan fingerprint density at radius 1 is 1.13 bits per heavy atom. The van der Waals surface area contributed by atoms with E-state index in [2.05, 4.69) is 10.1 Å². The summed E-state index contributed by atoms with van der Waals surface area (Å²) in [4.78, 5) is 4.36. The lowest BCUT2D eigenvalue weighted by molar-refractivity contribution is 0.271. The summed E-state index contributed by atoms with van der Waals surface area (Å²) in [7, 11) is -0.965. The molecule has 0 aliphatic rings. The van der Waals surface area contributed by atoms with Crippen LogP contribution in [0.5, 0.6) is 11.5 Å². The Hall–Kier alpha value is -2.62. The highest BCUT2D eigenvalue weighted by Gasteiger charge is 2.33. The first kappa shape index (κ1) is 23.1. The number of methoxy groups -OCH3 is 2. The monoisotopic (exact) mass is 465 g/mol. The van der Waals surface area contributed by atoms with E-state index in [1.54, 1.807) is 37.4 Å². The third-order valence-corrected chi connectivity index (χ3v) is 7.12. The molecule has 0 aliphatic carbocycles. The minimum atomic E-state index is -3.96. The second-order valence-electron chi connectivity index (χ2n) is 6.84. The normalized spacial score (nSPS) is 12.7. The zero-order chi connectivity index (χ0) is 22.6. The molecule has 0 saturated heterocycles. The fraction of sp³-hybridized carbons (Fsp3) is 0.333. The molecule has 3 aromatic rings. The van der Waals surface area contributed by atoms with E-state index in [0.29, 0.717) is 23.0 Å². The Morgan fingerprint density at radius 3 is 2.45 bits per heavy atom. The van der Waals surface area contributed by atoms with Crippen molar-refractivity contribution >= 4 is 21.6 Å². The smallest absolute Gasteiger partial charge is 0.247 e. The van der Waals surface area contributed by atoms with Crippen LogP contribution >= 0.6 is 11.6 Å². The Kier molecular flexibility index (Phi) is 7.19. The maximum Gasteiger partial charge on any atom is 0.247 e. The first-order valence-corrected chi connectivity index (χ1v) is 11.4. The van der Waals surface area contributed by atoms with Crippen molar-refractivity contribution in [1.29, 1.82) is 0 Å². The highest BCUT2D eigenvalue weighted by Crippen LogP contribution is 2.32. The van der Waals surface area contributed by atoms with Crippen molar-refractivity contribution in [2.24, 2.45) is 0 Å². The van der Waals surface area contributed by atoms with Crippen LogP contribution in [0.25, 0.3) is 11.4 Å². The van der Waals surface area contributed by atoms with Crippen molar-refractivity contribution < 1.29 is 22.4 Å². The SMILES string of the molecule is CC[C@H](C)N(Cc1nc(-c2ccc(OC)cc2)no1)S(=O)(=O)c1cc(Cl)ccc1OC. The molecular formula is C21H24ClN3O5S. The molecule has 166 valence electrons. The van der Waals surface area contributed by atoms with Gasteiger partial charge in [-0.25, -0.2) is 8.42 Å². The minimum Gasteiger partial charge on any atom is -0.497 e. The third-order valence-electron chi connectivity index (χ3n) is 4.90. The van der Waals surface area contributed by atoms with E-state index in [1.807, 2.05) is 13.8 Å². The molecule has 1 atom stereocenters. The first-order valence-electron chi connectivity index (χ1n) is 9.62. The molecule has 0 spiro atoms. The molecule has 1 aromatic heterocycles. The molecule has 0 fully saturated rings. The molecule has 0 unspecified atom stereocenters. The first-order chi connectivity index (χ1) is 14.8. The number of benzene rings is 2. The summed E-state index contributed by atoms with van der Waals surface area (Å²) in [5.74, 6) is 1.45. The number of sulfonamides is 1. The van der Waals surface area contributed by atoms with E-state index < -0.39 is 10.0 Å². The fourth-order valence-electron chi connectivity index (χ4n) is 2.97. The predicted molar refractivity (Wildman–Crippen MR) is 117 cm³/mol. The van der Waals surface area contributed by atoms with Gasteiger partial charge in [0.2, 0.25) is 21.7 Å². The lowest BCUT2D eigenvalue weighted by Crippen LogP contribution is -2.38. The Bertz CT molecular complexity index is 1130. The van der Waals surface area contributed by atoms with E-state index in [4.69, 9.17) is 25.6 Å². The van der Waals surface area contributed by atoms with E-state index in [-0.39, 0.29) is 29.1 Å². The minimum absolute atomic E-state index is 0.0160. The van der Waals surface area contributed by atoms with Gasteiger partial charge in [-0.3, -0.25) is 0 Å². The number of ether oxygens (including phenoxy) is 2. The molecular weight excluding hydrogens is 442 g/mol. The summed E-state index contributed by atoms with van der Waals surface area (Å²) in [6.45, 7) is 3.63. The van der Waals surface area contributed by atoms with Gasteiger partial charge in [0.05, 0.1) is 20.8 Å². The van der Waals surface area contributed by atoms with Gasteiger partial charge in [0.15, 0.2) is 0 Å². The zero-order valence-electron chi connectivity index (χ0n) is 17.7. The summed E-state index contributed by atoms with van der Waals surface area (Å²) in [5, 5.41) is 4.28. The molecule has 2 aromatic carbocycles. The van der Waals surface area contributed by atoms with Crippen molar-refractivity contribution in [2.45, 2.75) is 37.8 Å². The molecule has 0 bridgehead atoms. The van der Waals surface area contributed by atoms with Crippen molar-refractivity contribution in [1.82, 2.24) is 14.4 Å². The van der Waals surface area contributed by atoms with Gasteiger partial charge in [-0.2, -0.15) is 9.29 Å². The molecule has 8 nitrogen and oxygen atoms in total. The van der Waals surface area contributed by atoms with Gasteiger partial charge in [-0.15, -0.1) is 0 Å². The topological polar surface area (TPSA) is 94.8 Å². The summed E-state index contributed by atoms with van der Waals surface area (Å²) in [6, 6.07) is 11.3. The maximum atomic E-state index is 13.5. The molecule has 0 amide bonds. The average molecular weight is 466 g/mol. The van der Waals surface area contributed by atoms with E-state index in [1.165, 1.54) is 23.5 Å². The van der Waals surface area contributed by atoms with Crippen LogP contribution in [0.1, 0.15) is 26.2 Å². The lowest BCUT2D eigenvalue weighted by Gasteiger charge is -2.27. The van der Waals surface area contributed by atoms with Gasteiger partial charge in [0, 0.05) is 16.6 Å². The largest absolute Gasteiger partial charge is 0.497 e. The van der Waals surface area contributed by atoms with Crippen molar-refractivity contribution in [3.63, 3.8) is 0 Å². The quantitative estimate of drug-likeness (QED) is 0.462. The number of aromatic nitrogens is 2. The van der Waals surface area contributed by atoms with Crippen molar-refractivity contribution in [3.05, 3.63) is 53.4 Å². The molecule has 0 saturated carbocycles. The Morgan fingerprint density at radius 2 is 1.84 bits per heavy atom. The van der Waals surface area contributed by atoms with Crippen LogP contribution in [0.3, 0.4) is 0 Å². The fourth-order valence-corrected chi connectivity index (χ4v) is 5.04. The molecule has 0 radical (unpaired) electrons. The van der Waals surface area contributed by atoms with Crippen LogP contribution in [0.4, 0.5) is 0 Å². The van der Waals surface area contributed by atoms with Crippen LogP contribution in [0, 0.1) is 0 Å². The molecule has 3 rings (SSSR count). The second-order valence-corrected chi connectivity index (χ2v) is 9.14. The van der Waals surface area contributed by atoms with Gasteiger partial charge in [0.1, 0.15) is 16.4 Å². The van der Waals surface area contributed by atoms with Crippen LogP contribution in [0.2, 0.25) is 5.02 Å². The standard InChI is InChI=1S/C21H24ClN3O5S/c1-5-14(2)25(31(26,27)19-12-16(22)8-11-18(19)29-4)13-20-23-21(24-30-20)15-6-9-17(28-3)10-7-15/h6-12,14H,5,13H2,1-4H3/t14-/m0/s1. The van der Waals surface area contributed by atoms with E-state index in [0.717, 1.165) is 5.56 Å². The van der Waals surface area contributed by atoms with Crippen LogP contribution < -0.4 is 9.47 Å². The number of hydrogen-bond acceptors (Lipinski definition) is 7.